The van der Waals surface area contributed by atoms with Gasteiger partial charge in [-0.1, -0.05) is 13.3 Å². The third-order valence-corrected chi connectivity index (χ3v) is 4.65. The predicted octanol–water partition coefficient (Wildman–Crippen LogP) is 0.762. The molecule has 1 rings (SSSR count). The van der Waals surface area contributed by atoms with Gasteiger partial charge in [0.1, 0.15) is 0 Å². The zero-order valence-corrected chi connectivity index (χ0v) is 11.5. The molecule has 0 heterocycles. The summed E-state index contributed by atoms with van der Waals surface area (Å²) in [6.45, 7) is 2.25. The van der Waals surface area contributed by atoms with Crippen LogP contribution in [0.1, 0.15) is 32.6 Å². The number of rotatable bonds is 6. The van der Waals surface area contributed by atoms with Crippen molar-refractivity contribution in [2.75, 3.05) is 18.1 Å². The fourth-order valence-corrected chi connectivity index (χ4v) is 2.85. The van der Waals surface area contributed by atoms with Crippen molar-refractivity contribution >= 4 is 22.7 Å². The topological polar surface area (TPSA) is 83.5 Å². The Balaban J connectivity index is 2.32. The molecule has 0 aliphatic heterocycles. The summed E-state index contributed by atoms with van der Waals surface area (Å²) in [6, 6.07) is 0. The van der Waals surface area contributed by atoms with Crippen LogP contribution in [0.4, 0.5) is 0 Å². The van der Waals surface area contributed by atoms with Crippen molar-refractivity contribution in [2.45, 2.75) is 32.6 Å². The van der Waals surface area contributed by atoms with Crippen molar-refractivity contribution in [2.24, 2.45) is 11.8 Å². The van der Waals surface area contributed by atoms with E-state index in [-0.39, 0.29) is 17.7 Å². The van der Waals surface area contributed by atoms with E-state index < -0.39 is 16.8 Å². The fourth-order valence-electron chi connectivity index (χ4n) is 2.23. The van der Waals surface area contributed by atoms with Crippen LogP contribution in [0.15, 0.2) is 0 Å². The molecule has 0 aromatic rings. The minimum Gasteiger partial charge on any atom is -0.481 e. The molecule has 6 heteroatoms. The van der Waals surface area contributed by atoms with Crippen LogP contribution in [-0.4, -0.2) is 39.2 Å². The number of hydrogen-bond donors (Lipinski definition) is 2. The Morgan fingerprint density at radius 1 is 1.33 bits per heavy atom. The van der Waals surface area contributed by atoms with Crippen molar-refractivity contribution in [1.29, 1.82) is 0 Å². The van der Waals surface area contributed by atoms with E-state index >= 15 is 0 Å². The number of carboxylic acids is 1. The SMILES string of the molecule is CCS(=O)CCNC(=O)C1CCCC(C(=O)O)C1. The maximum atomic E-state index is 11.8. The number of hydrogen-bond acceptors (Lipinski definition) is 3. The van der Waals surface area contributed by atoms with Gasteiger partial charge in [-0.25, -0.2) is 0 Å². The summed E-state index contributed by atoms with van der Waals surface area (Å²) < 4.78 is 11.2. The molecule has 1 aliphatic carbocycles. The third-order valence-electron chi connectivity index (χ3n) is 3.35. The monoisotopic (exact) mass is 275 g/mol. The molecule has 1 saturated carbocycles. The Morgan fingerprint density at radius 3 is 2.61 bits per heavy atom. The van der Waals surface area contributed by atoms with Crippen LogP contribution in [0, 0.1) is 11.8 Å². The Kier molecular flexibility index (Phi) is 6.32. The molecule has 5 nitrogen and oxygen atoms in total. The summed E-state index contributed by atoms with van der Waals surface area (Å²) in [7, 11) is -0.872. The van der Waals surface area contributed by atoms with Crippen LogP contribution in [0.3, 0.4) is 0 Å². The van der Waals surface area contributed by atoms with Crippen LogP contribution >= 0.6 is 0 Å². The minimum absolute atomic E-state index is 0.0888. The Labute approximate surface area is 110 Å². The first kappa shape index (κ1) is 15.1. The first-order valence-electron chi connectivity index (χ1n) is 6.40. The van der Waals surface area contributed by atoms with Crippen LogP contribution in [-0.2, 0) is 20.4 Å². The number of amides is 1. The third kappa shape index (κ3) is 4.76. The smallest absolute Gasteiger partial charge is 0.306 e. The molecule has 2 N–H and O–H groups in total. The normalized spacial score (nSPS) is 25.4. The highest BCUT2D eigenvalue weighted by Gasteiger charge is 2.30. The lowest BCUT2D eigenvalue weighted by molar-refractivity contribution is -0.144. The van der Waals surface area contributed by atoms with Gasteiger partial charge in [-0.05, 0) is 19.3 Å². The molecule has 104 valence electrons. The highest BCUT2D eigenvalue weighted by Crippen LogP contribution is 2.29. The average molecular weight is 275 g/mol. The van der Waals surface area contributed by atoms with Gasteiger partial charge < -0.3 is 10.4 Å². The number of carbonyl (C=O) groups is 2. The molecule has 0 spiro atoms. The summed E-state index contributed by atoms with van der Waals surface area (Å²) in [5.74, 6) is -0.416. The minimum atomic E-state index is -0.872. The van der Waals surface area contributed by atoms with E-state index in [1.807, 2.05) is 6.92 Å². The van der Waals surface area contributed by atoms with Gasteiger partial charge in [0.25, 0.3) is 0 Å². The number of aliphatic carboxylic acids is 1. The molecule has 3 unspecified atom stereocenters. The Hall–Kier alpha value is -0.910. The summed E-state index contributed by atoms with van der Waals surface area (Å²) in [5.41, 5.74) is 0. The average Bonchev–Trinajstić information content (AvgIpc) is 2.38. The van der Waals surface area contributed by atoms with E-state index in [0.29, 0.717) is 30.9 Å². The molecule has 0 aromatic heterocycles. The number of nitrogens with one attached hydrogen (secondary N) is 1. The van der Waals surface area contributed by atoms with Crippen molar-refractivity contribution in [1.82, 2.24) is 5.32 Å². The summed E-state index contributed by atoms with van der Waals surface area (Å²) in [4.78, 5) is 22.7. The number of carboxylic acid groups (broad SMARTS) is 1. The molecule has 3 atom stereocenters. The molecule has 0 aromatic carbocycles. The summed E-state index contributed by atoms with van der Waals surface area (Å²) in [6.07, 6.45) is 2.64. The molecule has 1 fully saturated rings. The Bertz CT molecular complexity index is 332. The quantitative estimate of drug-likeness (QED) is 0.749. The zero-order valence-electron chi connectivity index (χ0n) is 10.7. The van der Waals surface area contributed by atoms with E-state index in [1.54, 1.807) is 0 Å². The largest absolute Gasteiger partial charge is 0.481 e. The first-order valence-corrected chi connectivity index (χ1v) is 7.88. The van der Waals surface area contributed by atoms with Crippen LogP contribution in [0.2, 0.25) is 0 Å². The predicted molar refractivity (Wildman–Crippen MR) is 69.6 cm³/mol. The van der Waals surface area contributed by atoms with Gasteiger partial charge in [0.2, 0.25) is 5.91 Å². The van der Waals surface area contributed by atoms with Gasteiger partial charge in [-0.2, -0.15) is 0 Å². The van der Waals surface area contributed by atoms with Crippen LogP contribution < -0.4 is 5.32 Å². The lowest BCUT2D eigenvalue weighted by atomic mass is 9.81. The van der Waals surface area contributed by atoms with Crippen LogP contribution in [0.25, 0.3) is 0 Å². The Morgan fingerprint density at radius 2 is 2.00 bits per heavy atom. The second-order valence-electron chi connectivity index (χ2n) is 4.62. The van der Waals surface area contributed by atoms with E-state index in [9.17, 15) is 13.8 Å². The highest BCUT2D eigenvalue weighted by molar-refractivity contribution is 7.84. The maximum absolute atomic E-state index is 11.8. The second kappa shape index (κ2) is 7.51. The molecule has 0 radical (unpaired) electrons. The van der Waals surface area contributed by atoms with Gasteiger partial charge >= 0.3 is 5.97 Å². The standard InChI is InChI=1S/C12H21NO4S/c1-2-18(17)7-6-13-11(14)9-4-3-5-10(8-9)12(15)16/h9-10H,2-8H2,1H3,(H,13,14)(H,15,16). The summed E-state index contributed by atoms with van der Waals surface area (Å²) >= 11 is 0. The van der Waals surface area contributed by atoms with Crippen molar-refractivity contribution in [3.05, 3.63) is 0 Å². The highest BCUT2D eigenvalue weighted by atomic mass is 32.2. The summed E-state index contributed by atoms with van der Waals surface area (Å²) in [5, 5.41) is 11.7. The van der Waals surface area contributed by atoms with E-state index in [1.165, 1.54) is 0 Å². The fraction of sp³-hybridized carbons (Fsp3) is 0.833. The molecular formula is C12H21NO4S. The molecule has 1 amide bonds. The molecule has 0 bridgehead atoms. The van der Waals surface area contributed by atoms with Gasteiger partial charge in [-0.3, -0.25) is 13.8 Å². The lowest BCUT2D eigenvalue weighted by Crippen LogP contribution is -2.37. The van der Waals surface area contributed by atoms with Gasteiger partial charge in [0, 0.05) is 34.8 Å². The molecule has 18 heavy (non-hydrogen) atoms. The van der Waals surface area contributed by atoms with E-state index in [0.717, 1.165) is 12.8 Å². The van der Waals surface area contributed by atoms with Crippen molar-refractivity contribution < 1.29 is 18.9 Å². The van der Waals surface area contributed by atoms with Gasteiger partial charge in [-0.15, -0.1) is 0 Å². The van der Waals surface area contributed by atoms with Crippen LogP contribution in [0.5, 0.6) is 0 Å². The van der Waals surface area contributed by atoms with Crippen molar-refractivity contribution in [3.8, 4) is 0 Å². The van der Waals surface area contributed by atoms with E-state index in [2.05, 4.69) is 5.32 Å². The second-order valence-corrected chi connectivity index (χ2v) is 6.49. The lowest BCUT2D eigenvalue weighted by Gasteiger charge is -2.25. The number of carbonyl (C=O) groups excluding carboxylic acids is 1. The maximum Gasteiger partial charge on any atom is 0.306 e. The first-order chi connectivity index (χ1) is 8.54. The van der Waals surface area contributed by atoms with E-state index in [4.69, 9.17) is 5.11 Å². The zero-order chi connectivity index (χ0) is 13.5. The van der Waals surface area contributed by atoms with Crippen molar-refractivity contribution in [3.63, 3.8) is 0 Å². The van der Waals surface area contributed by atoms with Gasteiger partial charge in [0.15, 0.2) is 0 Å². The molecule has 1 aliphatic rings. The van der Waals surface area contributed by atoms with Gasteiger partial charge in [0.05, 0.1) is 5.92 Å². The molecular weight excluding hydrogens is 254 g/mol. The molecule has 0 saturated heterocycles.